The van der Waals surface area contributed by atoms with E-state index < -0.39 is 35.8 Å². The van der Waals surface area contributed by atoms with Crippen molar-refractivity contribution in [2.24, 2.45) is 0 Å². The third-order valence-electron chi connectivity index (χ3n) is 7.79. The molecule has 14 heteroatoms. The molecule has 0 aromatic heterocycles. The molecule has 0 amide bonds. The van der Waals surface area contributed by atoms with Crippen LogP contribution < -0.4 is 0 Å². The van der Waals surface area contributed by atoms with Gasteiger partial charge in [-0.2, -0.15) is 0 Å². The van der Waals surface area contributed by atoms with Gasteiger partial charge in [-0.3, -0.25) is 0 Å². The van der Waals surface area contributed by atoms with Gasteiger partial charge in [-0.1, -0.05) is 72.8 Å². The van der Waals surface area contributed by atoms with Gasteiger partial charge in [-0.15, -0.1) is 0 Å². The molecule has 0 spiro atoms. The van der Waals surface area contributed by atoms with Crippen molar-refractivity contribution in [1.82, 2.24) is 0 Å². The van der Waals surface area contributed by atoms with E-state index in [1.807, 2.05) is 0 Å². The first kappa shape index (κ1) is 47.0. The van der Waals surface area contributed by atoms with E-state index in [-0.39, 0.29) is 115 Å². The fraction of sp³-hybridized carbons (Fsp3) is 0. The fourth-order valence-electron chi connectivity index (χ4n) is 4.83. The zero-order chi connectivity index (χ0) is 39.4. The van der Waals surface area contributed by atoms with E-state index in [2.05, 4.69) is 0 Å². The molecule has 0 bridgehead atoms. The van der Waals surface area contributed by atoms with E-state index in [0.717, 1.165) is 33.4 Å². The van der Waals surface area contributed by atoms with Crippen LogP contribution in [0.4, 0.5) is 0 Å². The standard InChI is InChI=1S/3C14H10O4.2Nd/c3*15-13(16)11-5-1-9(2-6-11)10-3-7-12(8-4-10)14(17)18;;/h3*1-8H,(H,15,16)(H,17,18);;. The second-order valence-corrected chi connectivity index (χ2v) is 11.3. The van der Waals surface area contributed by atoms with E-state index in [1.165, 1.54) is 72.8 Å². The van der Waals surface area contributed by atoms with Gasteiger partial charge in [0.2, 0.25) is 0 Å². The van der Waals surface area contributed by atoms with Gasteiger partial charge in [0.1, 0.15) is 0 Å². The molecule has 6 aromatic rings. The van der Waals surface area contributed by atoms with Gasteiger partial charge in [0, 0.05) is 81.7 Å². The molecular formula is C42H30Nd2O12. The second kappa shape index (κ2) is 22.4. The number of benzene rings is 6. The summed E-state index contributed by atoms with van der Waals surface area (Å²) >= 11 is 0. The normalized spacial score (nSPS) is 9.64. The molecule has 12 nitrogen and oxygen atoms in total. The molecule has 56 heavy (non-hydrogen) atoms. The number of rotatable bonds is 9. The molecule has 6 N–H and O–H groups in total. The van der Waals surface area contributed by atoms with E-state index in [9.17, 15) is 28.8 Å². The van der Waals surface area contributed by atoms with Gasteiger partial charge in [0.15, 0.2) is 0 Å². The molecule has 0 fully saturated rings. The maximum atomic E-state index is 10.7. The van der Waals surface area contributed by atoms with Gasteiger partial charge < -0.3 is 30.6 Å². The quantitative estimate of drug-likeness (QED) is 0.0806. The smallest absolute Gasteiger partial charge is 0.335 e. The summed E-state index contributed by atoms with van der Waals surface area (Å²) < 4.78 is 0. The largest absolute Gasteiger partial charge is 0.478 e. The monoisotopic (exact) mass is 1010 g/mol. The number of carboxylic acid groups (broad SMARTS) is 6. The predicted octanol–water partition coefficient (Wildman–Crippen LogP) is 8.25. The summed E-state index contributed by atoms with van der Waals surface area (Å²) in [5.74, 6) is -5.82. The SMILES string of the molecule is O=C(O)c1ccc(-c2ccc(C(=O)O)cc2)cc1.O=C(O)c1ccc(-c2ccc(C(=O)O)cc2)cc1.O=C(O)c1ccc(-c2ccc(C(=O)O)cc2)cc1.[Nd].[Nd]. The number of hydrogen-bond donors (Lipinski definition) is 6. The van der Waals surface area contributed by atoms with Crippen LogP contribution in [0.5, 0.6) is 0 Å². The van der Waals surface area contributed by atoms with Crippen LogP contribution in [-0.2, 0) is 0 Å². The molecule has 0 saturated carbocycles. The molecule has 0 radical (unpaired) electrons. The Kier molecular flexibility index (Phi) is 18.8. The summed E-state index contributed by atoms with van der Waals surface area (Å²) in [5, 5.41) is 52.7. The number of aromatic carboxylic acids is 6. The fourth-order valence-corrected chi connectivity index (χ4v) is 4.83. The van der Waals surface area contributed by atoms with Crippen LogP contribution in [0.2, 0.25) is 0 Å². The van der Waals surface area contributed by atoms with Crippen molar-refractivity contribution < 1.29 is 141 Å². The number of carboxylic acids is 6. The summed E-state index contributed by atoms with van der Waals surface area (Å²) in [4.78, 5) is 64.2. The minimum Gasteiger partial charge on any atom is -0.478 e. The van der Waals surface area contributed by atoms with E-state index in [1.54, 1.807) is 72.8 Å². The second-order valence-electron chi connectivity index (χ2n) is 11.3. The number of hydrogen-bond acceptors (Lipinski definition) is 6. The van der Waals surface area contributed by atoms with Crippen molar-refractivity contribution in [2.75, 3.05) is 0 Å². The van der Waals surface area contributed by atoms with Crippen molar-refractivity contribution in [3.8, 4) is 33.4 Å². The van der Waals surface area contributed by atoms with E-state index >= 15 is 0 Å². The van der Waals surface area contributed by atoms with Gasteiger partial charge in [0.05, 0.1) is 33.4 Å². The van der Waals surface area contributed by atoms with Crippen molar-refractivity contribution >= 4 is 35.8 Å². The molecule has 0 unspecified atom stereocenters. The topological polar surface area (TPSA) is 224 Å². The first-order chi connectivity index (χ1) is 25.7. The number of carbonyl (C=O) groups is 6. The zero-order valence-electron chi connectivity index (χ0n) is 29.0. The molecule has 6 rings (SSSR count). The van der Waals surface area contributed by atoms with Crippen molar-refractivity contribution in [3.05, 3.63) is 179 Å². The molecule has 0 heterocycles. The van der Waals surface area contributed by atoms with Gasteiger partial charge in [-0.05, 0) is 106 Å². The van der Waals surface area contributed by atoms with Crippen molar-refractivity contribution in [3.63, 3.8) is 0 Å². The third kappa shape index (κ3) is 13.5. The van der Waals surface area contributed by atoms with Gasteiger partial charge in [-0.25, -0.2) is 28.8 Å². The maximum absolute atomic E-state index is 10.7. The van der Waals surface area contributed by atoms with E-state index in [4.69, 9.17) is 30.6 Å². The summed E-state index contributed by atoms with van der Waals surface area (Å²) in [6.45, 7) is 0. The van der Waals surface area contributed by atoms with Gasteiger partial charge >= 0.3 is 35.8 Å². The Bertz CT molecular complexity index is 1860. The van der Waals surface area contributed by atoms with Crippen molar-refractivity contribution in [1.29, 1.82) is 0 Å². The molecule has 0 aliphatic heterocycles. The minimum absolute atomic E-state index is 0. The third-order valence-corrected chi connectivity index (χ3v) is 7.79. The molecule has 0 saturated heterocycles. The molecule has 0 atom stereocenters. The Morgan fingerprint density at radius 2 is 0.304 bits per heavy atom. The molecule has 278 valence electrons. The maximum Gasteiger partial charge on any atom is 0.335 e. The van der Waals surface area contributed by atoms with Crippen LogP contribution in [0.3, 0.4) is 0 Å². The molecule has 0 aliphatic rings. The Morgan fingerprint density at radius 1 is 0.214 bits per heavy atom. The summed E-state index contributed by atoms with van der Waals surface area (Å²) in [7, 11) is 0. The van der Waals surface area contributed by atoms with Crippen LogP contribution in [-0.4, -0.2) is 66.5 Å². The Labute approximate surface area is 385 Å². The van der Waals surface area contributed by atoms with Gasteiger partial charge in [0.25, 0.3) is 0 Å². The van der Waals surface area contributed by atoms with Crippen LogP contribution in [0.15, 0.2) is 146 Å². The molecular weight excluding hydrogens is 985 g/mol. The molecule has 6 aromatic carbocycles. The average Bonchev–Trinajstić information content (AvgIpc) is 3.18. The Balaban J connectivity index is 0.000000285. The minimum atomic E-state index is -0.970. The Hall–Kier alpha value is -5.16. The summed E-state index contributed by atoms with van der Waals surface area (Å²) in [6.07, 6.45) is 0. The van der Waals surface area contributed by atoms with E-state index in [0.29, 0.717) is 0 Å². The van der Waals surface area contributed by atoms with Crippen LogP contribution in [0.1, 0.15) is 62.1 Å². The summed E-state index contributed by atoms with van der Waals surface area (Å²) in [6, 6.07) is 38.5. The average molecular weight is 1020 g/mol. The first-order valence-corrected chi connectivity index (χ1v) is 15.7. The molecule has 0 aliphatic carbocycles. The van der Waals surface area contributed by atoms with Crippen LogP contribution in [0, 0.1) is 81.7 Å². The predicted molar refractivity (Wildman–Crippen MR) is 197 cm³/mol. The van der Waals surface area contributed by atoms with Crippen LogP contribution in [0.25, 0.3) is 33.4 Å². The Morgan fingerprint density at radius 3 is 0.375 bits per heavy atom. The van der Waals surface area contributed by atoms with Crippen LogP contribution >= 0.6 is 0 Å². The zero-order valence-corrected chi connectivity index (χ0v) is 35.4. The first-order valence-electron chi connectivity index (χ1n) is 15.7. The van der Waals surface area contributed by atoms with Crippen molar-refractivity contribution in [2.45, 2.75) is 0 Å². The summed E-state index contributed by atoms with van der Waals surface area (Å²) in [5.41, 5.74) is 6.40.